The number of nitrogens with one attached hydrogen (secondary N) is 1. The largest absolute Gasteiger partial charge is 0.449 e. The summed E-state index contributed by atoms with van der Waals surface area (Å²) in [4.78, 5) is 0. The molecule has 3 rings (SSSR count). The van der Waals surface area contributed by atoms with E-state index >= 15 is 0 Å². The summed E-state index contributed by atoms with van der Waals surface area (Å²) in [6.45, 7) is 4.35. The van der Waals surface area contributed by atoms with Crippen LogP contribution >= 0.6 is 23.2 Å². The van der Waals surface area contributed by atoms with Crippen molar-refractivity contribution in [3.63, 3.8) is 0 Å². The van der Waals surface area contributed by atoms with Gasteiger partial charge in [-0.1, -0.05) is 35.3 Å². The maximum absolute atomic E-state index is 6.17. The van der Waals surface area contributed by atoms with Crippen LogP contribution in [0.3, 0.4) is 0 Å². The Bertz CT molecular complexity index is 686. The van der Waals surface area contributed by atoms with Crippen molar-refractivity contribution in [1.82, 2.24) is 0 Å². The fourth-order valence-corrected chi connectivity index (χ4v) is 2.60. The van der Waals surface area contributed by atoms with Crippen molar-refractivity contribution in [2.75, 3.05) is 5.32 Å². The van der Waals surface area contributed by atoms with Crippen LogP contribution in [-0.4, -0.2) is 5.79 Å². The van der Waals surface area contributed by atoms with Gasteiger partial charge in [0, 0.05) is 32.1 Å². The molecule has 21 heavy (non-hydrogen) atoms. The summed E-state index contributed by atoms with van der Waals surface area (Å²) in [5.74, 6) is 0.880. The first kappa shape index (κ1) is 14.4. The maximum Gasteiger partial charge on any atom is 0.246 e. The van der Waals surface area contributed by atoms with Gasteiger partial charge in [0.1, 0.15) is 0 Å². The Morgan fingerprint density at radius 1 is 1.05 bits per heavy atom. The zero-order valence-corrected chi connectivity index (χ0v) is 13.3. The van der Waals surface area contributed by atoms with E-state index in [1.165, 1.54) is 0 Å². The van der Waals surface area contributed by atoms with E-state index in [9.17, 15) is 0 Å². The highest BCUT2D eigenvalue weighted by Gasteiger charge is 2.31. The van der Waals surface area contributed by atoms with Crippen LogP contribution in [0.5, 0.6) is 11.5 Å². The van der Waals surface area contributed by atoms with Crippen molar-refractivity contribution in [2.45, 2.75) is 26.2 Å². The molecule has 1 aliphatic rings. The highest BCUT2D eigenvalue weighted by Crippen LogP contribution is 2.40. The Hall–Kier alpha value is -1.58. The Balaban J connectivity index is 1.74. The van der Waals surface area contributed by atoms with Crippen molar-refractivity contribution in [3.8, 4) is 11.5 Å². The molecule has 0 spiro atoms. The van der Waals surface area contributed by atoms with Gasteiger partial charge in [0.15, 0.2) is 11.5 Å². The van der Waals surface area contributed by atoms with E-state index in [2.05, 4.69) is 5.32 Å². The van der Waals surface area contributed by atoms with Crippen molar-refractivity contribution >= 4 is 28.9 Å². The predicted molar refractivity (Wildman–Crippen MR) is 85.6 cm³/mol. The van der Waals surface area contributed by atoms with E-state index in [4.69, 9.17) is 32.7 Å². The van der Waals surface area contributed by atoms with E-state index in [0.717, 1.165) is 22.7 Å². The quantitative estimate of drug-likeness (QED) is 0.851. The second-order valence-corrected chi connectivity index (χ2v) is 6.12. The molecule has 2 aromatic rings. The first-order valence-corrected chi connectivity index (χ1v) is 7.39. The molecule has 0 aliphatic carbocycles. The fourth-order valence-electron chi connectivity index (χ4n) is 2.21. The number of anilines is 1. The van der Waals surface area contributed by atoms with Crippen LogP contribution in [0.2, 0.25) is 10.0 Å². The van der Waals surface area contributed by atoms with E-state index in [-0.39, 0.29) is 0 Å². The summed E-state index contributed by atoms with van der Waals surface area (Å²) < 4.78 is 11.4. The van der Waals surface area contributed by atoms with Crippen LogP contribution in [0, 0.1) is 0 Å². The lowest BCUT2D eigenvalue weighted by atomic mass is 10.2. The summed E-state index contributed by atoms with van der Waals surface area (Å²) in [7, 11) is 0. The van der Waals surface area contributed by atoms with Gasteiger partial charge in [-0.3, -0.25) is 0 Å². The van der Waals surface area contributed by atoms with E-state index < -0.39 is 5.79 Å². The van der Waals surface area contributed by atoms with Gasteiger partial charge in [-0.15, -0.1) is 0 Å². The lowest BCUT2D eigenvalue weighted by molar-refractivity contribution is -0.0431. The molecule has 1 heterocycles. The third-order valence-electron chi connectivity index (χ3n) is 3.17. The topological polar surface area (TPSA) is 30.5 Å². The van der Waals surface area contributed by atoms with Gasteiger partial charge in [0.25, 0.3) is 0 Å². The lowest BCUT2D eigenvalue weighted by Gasteiger charge is -2.16. The number of benzene rings is 2. The van der Waals surface area contributed by atoms with Crippen LogP contribution < -0.4 is 14.8 Å². The third kappa shape index (κ3) is 3.04. The smallest absolute Gasteiger partial charge is 0.246 e. The number of hydrogen-bond donors (Lipinski definition) is 1. The average Bonchev–Trinajstić information content (AvgIpc) is 2.73. The molecule has 1 N–H and O–H groups in total. The van der Waals surface area contributed by atoms with Crippen LogP contribution in [0.4, 0.5) is 5.69 Å². The minimum absolute atomic E-state index is 0.559. The summed E-state index contributed by atoms with van der Waals surface area (Å²) in [5.41, 5.74) is 1.88. The van der Waals surface area contributed by atoms with Gasteiger partial charge in [-0.05, 0) is 23.8 Å². The van der Waals surface area contributed by atoms with Gasteiger partial charge in [-0.2, -0.15) is 0 Å². The van der Waals surface area contributed by atoms with Gasteiger partial charge < -0.3 is 14.8 Å². The highest BCUT2D eigenvalue weighted by molar-refractivity contribution is 6.42. The van der Waals surface area contributed by atoms with Gasteiger partial charge in [-0.25, -0.2) is 0 Å². The summed E-state index contributed by atoms with van der Waals surface area (Å²) in [6, 6.07) is 11.4. The SMILES string of the molecule is CC1(C)Oc2ccc(NCc3cccc(Cl)c3Cl)cc2O1. The van der Waals surface area contributed by atoms with E-state index in [1.54, 1.807) is 6.07 Å². The second kappa shape index (κ2) is 5.32. The molecule has 0 aromatic heterocycles. The van der Waals surface area contributed by atoms with Crippen molar-refractivity contribution in [2.24, 2.45) is 0 Å². The molecule has 2 aromatic carbocycles. The molecule has 0 saturated carbocycles. The molecule has 110 valence electrons. The van der Waals surface area contributed by atoms with Crippen molar-refractivity contribution < 1.29 is 9.47 Å². The van der Waals surface area contributed by atoms with Crippen LogP contribution in [-0.2, 0) is 6.54 Å². The number of ether oxygens (including phenoxy) is 2. The molecule has 5 heteroatoms. The molecule has 0 fully saturated rings. The summed E-state index contributed by atoms with van der Waals surface area (Å²) in [6.07, 6.45) is 0. The number of rotatable bonds is 3. The van der Waals surface area contributed by atoms with Gasteiger partial charge in [0.2, 0.25) is 5.79 Å². The first-order chi connectivity index (χ1) is 9.94. The molecule has 1 aliphatic heterocycles. The second-order valence-electron chi connectivity index (χ2n) is 5.33. The van der Waals surface area contributed by atoms with Gasteiger partial charge >= 0.3 is 0 Å². The van der Waals surface area contributed by atoms with Crippen LogP contribution in [0.15, 0.2) is 36.4 Å². The predicted octanol–water partition coefficient (Wildman–Crippen LogP) is 5.11. The number of hydrogen-bond acceptors (Lipinski definition) is 3. The standard InChI is InChI=1S/C16H15Cl2NO2/c1-16(2)20-13-7-6-11(8-14(13)21-16)19-9-10-4-3-5-12(17)15(10)18/h3-8,19H,9H2,1-2H3. The zero-order valence-electron chi connectivity index (χ0n) is 11.7. The van der Waals surface area contributed by atoms with Crippen LogP contribution in [0.25, 0.3) is 0 Å². The molecule has 0 amide bonds. The molecular weight excluding hydrogens is 309 g/mol. The fraction of sp³-hybridized carbons (Fsp3) is 0.250. The normalized spacial score (nSPS) is 15.0. The molecule has 0 bridgehead atoms. The monoisotopic (exact) mass is 323 g/mol. The van der Waals surface area contributed by atoms with Crippen LogP contribution in [0.1, 0.15) is 19.4 Å². The molecule has 0 radical (unpaired) electrons. The molecule has 3 nitrogen and oxygen atoms in total. The van der Waals surface area contributed by atoms with E-state index in [1.807, 2.05) is 44.2 Å². The van der Waals surface area contributed by atoms with Gasteiger partial charge in [0.05, 0.1) is 10.0 Å². The average molecular weight is 324 g/mol. The van der Waals surface area contributed by atoms with E-state index in [0.29, 0.717) is 16.6 Å². The molecule has 0 atom stereocenters. The lowest BCUT2D eigenvalue weighted by Crippen LogP contribution is -2.29. The Morgan fingerprint density at radius 3 is 2.62 bits per heavy atom. The van der Waals surface area contributed by atoms with Crippen molar-refractivity contribution in [1.29, 1.82) is 0 Å². The maximum atomic E-state index is 6.17. The Labute approximate surface area is 133 Å². The Morgan fingerprint density at radius 2 is 1.81 bits per heavy atom. The first-order valence-electron chi connectivity index (χ1n) is 6.63. The highest BCUT2D eigenvalue weighted by atomic mass is 35.5. The number of fused-ring (bicyclic) bond motifs is 1. The minimum Gasteiger partial charge on any atom is -0.449 e. The number of halogens is 2. The molecule has 0 unspecified atom stereocenters. The summed E-state index contributed by atoms with van der Waals surface area (Å²) in [5, 5.41) is 4.44. The molecule has 0 saturated heterocycles. The Kier molecular flexibility index (Phi) is 3.64. The minimum atomic E-state index is -0.614. The van der Waals surface area contributed by atoms with Crippen molar-refractivity contribution in [3.05, 3.63) is 52.0 Å². The summed E-state index contributed by atoms with van der Waals surface area (Å²) >= 11 is 12.2. The molecular formula is C16H15Cl2NO2. The zero-order chi connectivity index (χ0) is 15.0. The third-order valence-corrected chi connectivity index (χ3v) is 4.03.